The predicted octanol–water partition coefficient (Wildman–Crippen LogP) is 16.0. The van der Waals surface area contributed by atoms with Crippen molar-refractivity contribution in [2.75, 3.05) is 47.5 Å². The second-order valence-corrected chi connectivity index (χ2v) is 20.3. The zero-order chi connectivity index (χ0) is 48.4. The van der Waals surface area contributed by atoms with Crippen LogP contribution in [0, 0.1) is 0 Å². The molecule has 0 bridgehead atoms. The number of carboxylic acid groups (broad SMARTS) is 1. The predicted molar refractivity (Wildman–Crippen MR) is 277 cm³/mol. The quantitative estimate of drug-likeness (QED) is 0.0211. The van der Waals surface area contributed by atoms with Gasteiger partial charge >= 0.3 is 17.9 Å². The van der Waals surface area contributed by atoms with Gasteiger partial charge in [-0.1, -0.05) is 231 Å². The molecule has 0 aromatic rings. The second kappa shape index (κ2) is 49.2. The molecule has 0 aromatic carbocycles. The number of carboxylic acids is 1. The summed E-state index contributed by atoms with van der Waals surface area (Å²) < 4.78 is 22.8. The fourth-order valence-electron chi connectivity index (χ4n) is 8.10. The minimum Gasteiger partial charge on any atom is -0.477 e. The van der Waals surface area contributed by atoms with Crippen molar-refractivity contribution in [2.24, 2.45) is 0 Å². The fraction of sp³-hybridized carbons (Fsp3) is 0.877. The first-order valence-electron chi connectivity index (χ1n) is 28.0. The van der Waals surface area contributed by atoms with Gasteiger partial charge in [0.15, 0.2) is 6.10 Å². The number of aliphatic carboxylic acids is 1. The lowest BCUT2D eigenvalue weighted by Crippen LogP contribution is -2.40. The number of hydrogen-bond acceptors (Lipinski definition) is 7. The normalized spacial score (nSPS) is 12.9. The van der Waals surface area contributed by atoms with E-state index in [-0.39, 0.29) is 32.2 Å². The van der Waals surface area contributed by atoms with Crippen molar-refractivity contribution in [3.8, 4) is 0 Å². The number of esters is 2. The summed E-state index contributed by atoms with van der Waals surface area (Å²) >= 11 is 0. The highest BCUT2D eigenvalue weighted by molar-refractivity contribution is 5.71. The Kier molecular flexibility index (Phi) is 47.5. The van der Waals surface area contributed by atoms with Crippen molar-refractivity contribution in [2.45, 2.75) is 277 Å². The van der Waals surface area contributed by atoms with Crippen LogP contribution in [0.1, 0.15) is 264 Å². The molecule has 9 heteroatoms. The molecule has 66 heavy (non-hydrogen) atoms. The van der Waals surface area contributed by atoms with Gasteiger partial charge in [-0.25, -0.2) is 4.79 Å². The van der Waals surface area contributed by atoms with Crippen LogP contribution in [0.25, 0.3) is 0 Å². The van der Waals surface area contributed by atoms with E-state index in [2.05, 4.69) is 38.2 Å². The Morgan fingerprint density at radius 2 is 0.818 bits per heavy atom. The zero-order valence-corrected chi connectivity index (χ0v) is 44.1. The van der Waals surface area contributed by atoms with Crippen molar-refractivity contribution in [3.05, 3.63) is 24.3 Å². The van der Waals surface area contributed by atoms with Gasteiger partial charge in [0.05, 0.1) is 34.4 Å². The molecule has 0 rings (SSSR count). The second-order valence-electron chi connectivity index (χ2n) is 20.3. The molecule has 1 N–H and O–H groups in total. The van der Waals surface area contributed by atoms with Gasteiger partial charge in [-0.2, -0.15) is 0 Å². The van der Waals surface area contributed by atoms with Crippen LogP contribution in [0.3, 0.4) is 0 Å². The third kappa shape index (κ3) is 49.7. The summed E-state index contributed by atoms with van der Waals surface area (Å²) in [6.45, 7) is 4.87. The maximum atomic E-state index is 12.8. The summed E-state index contributed by atoms with van der Waals surface area (Å²) in [6.07, 6.45) is 54.0. The van der Waals surface area contributed by atoms with Gasteiger partial charge in [-0.3, -0.25) is 9.59 Å². The highest BCUT2D eigenvalue weighted by atomic mass is 16.7. The van der Waals surface area contributed by atoms with E-state index in [1.807, 2.05) is 21.1 Å². The Balaban J connectivity index is 4.17. The van der Waals surface area contributed by atoms with E-state index >= 15 is 0 Å². The largest absolute Gasteiger partial charge is 0.477 e. The third-order valence-corrected chi connectivity index (χ3v) is 12.5. The van der Waals surface area contributed by atoms with E-state index in [1.165, 1.54) is 173 Å². The number of unbranched alkanes of at least 4 members (excludes halogenated alkanes) is 33. The van der Waals surface area contributed by atoms with Gasteiger partial charge < -0.3 is 28.5 Å². The summed E-state index contributed by atoms with van der Waals surface area (Å²) in [7, 11) is 5.96. The number of hydrogen-bond donors (Lipinski definition) is 1. The van der Waals surface area contributed by atoms with Crippen LogP contribution in [0.5, 0.6) is 0 Å². The van der Waals surface area contributed by atoms with E-state index in [1.54, 1.807) is 0 Å². The topological polar surface area (TPSA) is 108 Å². The molecule has 0 aliphatic heterocycles. The van der Waals surface area contributed by atoms with E-state index in [0.29, 0.717) is 23.9 Å². The summed E-state index contributed by atoms with van der Waals surface area (Å²) in [6, 6.07) is 0. The Bertz CT molecular complexity index is 1130. The minimum absolute atomic E-state index is 0.183. The van der Waals surface area contributed by atoms with Crippen molar-refractivity contribution >= 4 is 17.9 Å². The van der Waals surface area contributed by atoms with Gasteiger partial charge in [0.1, 0.15) is 13.2 Å². The van der Waals surface area contributed by atoms with Gasteiger partial charge in [-0.15, -0.1) is 0 Å². The van der Waals surface area contributed by atoms with Crippen LogP contribution >= 0.6 is 0 Å². The maximum Gasteiger partial charge on any atom is 0.361 e. The molecule has 0 aliphatic carbocycles. The van der Waals surface area contributed by atoms with E-state index in [0.717, 1.165) is 57.8 Å². The third-order valence-electron chi connectivity index (χ3n) is 12.5. The van der Waals surface area contributed by atoms with Crippen LogP contribution < -0.4 is 0 Å². The Morgan fingerprint density at radius 1 is 0.455 bits per heavy atom. The molecule has 2 unspecified atom stereocenters. The van der Waals surface area contributed by atoms with Gasteiger partial charge in [0.25, 0.3) is 6.29 Å². The van der Waals surface area contributed by atoms with Crippen molar-refractivity contribution in [1.82, 2.24) is 0 Å². The number of carbonyl (C=O) groups is 3. The van der Waals surface area contributed by atoms with Crippen molar-refractivity contribution in [3.63, 3.8) is 0 Å². The summed E-state index contributed by atoms with van der Waals surface area (Å²) in [5.74, 6) is -2.01. The molecule has 2 atom stereocenters. The Hall–Kier alpha value is -2.23. The molecule has 0 heterocycles. The summed E-state index contributed by atoms with van der Waals surface area (Å²) in [5, 5.41) is 9.68. The molecule has 0 saturated carbocycles. The van der Waals surface area contributed by atoms with Gasteiger partial charge in [-0.05, 0) is 44.9 Å². The molecule has 0 amide bonds. The SMILES string of the molecule is CCCCC/C=C\C/C=C\CCCCCCCC(=O)OC(COC(=O)CCCCCCCCCCCCCCCCCCCCCCCCCCCC)COC(OCC[N+](C)(C)C)C(=O)O. The molecule has 9 nitrogen and oxygen atoms in total. The first-order valence-corrected chi connectivity index (χ1v) is 28.0. The van der Waals surface area contributed by atoms with E-state index in [4.69, 9.17) is 18.9 Å². The summed E-state index contributed by atoms with van der Waals surface area (Å²) in [5.41, 5.74) is 0. The van der Waals surface area contributed by atoms with Crippen LogP contribution in [0.2, 0.25) is 0 Å². The highest BCUT2D eigenvalue weighted by Gasteiger charge is 2.25. The number of rotatable bonds is 52. The molecule has 0 fully saturated rings. The zero-order valence-electron chi connectivity index (χ0n) is 44.1. The lowest BCUT2D eigenvalue weighted by molar-refractivity contribution is -0.870. The highest BCUT2D eigenvalue weighted by Crippen LogP contribution is 2.17. The van der Waals surface area contributed by atoms with Crippen LogP contribution in [0.15, 0.2) is 24.3 Å². The van der Waals surface area contributed by atoms with E-state index < -0.39 is 24.3 Å². The number of ether oxygens (including phenoxy) is 4. The molecule has 0 saturated heterocycles. The molecule has 0 spiro atoms. The lowest BCUT2D eigenvalue weighted by Gasteiger charge is -2.25. The molecule has 388 valence electrons. The average molecular weight is 935 g/mol. The fourth-order valence-corrected chi connectivity index (χ4v) is 8.10. The number of carbonyl (C=O) groups excluding carboxylic acids is 2. The molecule has 0 aliphatic rings. The van der Waals surface area contributed by atoms with Crippen molar-refractivity contribution < 1.29 is 42.9 Å². The number of likely N-dealkylation sites (N-methyl/N-ethyl adjacent to an activating group) is 1. The van der Waals surface area contributed by atoms with Gasteiger partial charge in [0, 0.05) is 12.8 Å². The first kappa shape index (κ1) is 63.8. The summed E-state index contributed by atoms with van der Waals surface area (Å²) in [4.78, 5) is 37.3. The molecular formula is C57H108NO8+. The molecule has 0 aromatic heterocycles. The number of allylic oxidation sites excluding steroid dienone is 4. The molecule has 0 radical (unpaired) electrons. The average Bonchev–Trinajstić information content (AvgIpc) is 3.28. The minimum atomic E-state index is -1.51. The maximum absolute atomic E-state index is 12.8. The van der Waals surface area contributed by atoms with Crippen molar-refractivity contribution in [1.29, 1.82) is 0 Å². The number of quaternary nitrogens is 1. The Morgan fingerprint density at radius 3 is 1.23 bits per heavy atom. The van der Waals surface area contributed by atoms with Crippen LogP contribution in [-0.4, -0.2) is 87.4 Å². The monoisotopic (exact) mass is 935 g/mol. The lowest BCUT2D eigenvalue weighted by atomic mass is 10.0. The molecular weight excluding hydrogens is 827 g/mol. The van der Waals surface area contributed by atoms with E-state index in [9.17, 15) is 19.5 Å². The van der Waals surface area contributed by atoms with Crippen LogP contribution in [0.4, 0.5) is 0 Å². The Labute approximate surface area is 407 Å². The smallest absolute Gasteiger partial charge is 0.361 e. The first-order chi connectivity index (χ1) is 32.1. The van der Waals surface area contributed by atoms with Crippen LogP contribution in [-0.2, 0) is 33.3 Å². The van der Waals surface area contributed by atoms with Gasteiger partial charge in [0.2, 0.25) is 0 Å². The number of nitrogens with zero attached hydrogens (tertiary/aromatic N) is 1. The standard InChI is InChI=1S/C57H107NO8/c1-6-8-10-12-14-16-18-20-22-23-24-25-26-27-28-29-30-31-32-34-35-37-39-41-43-45-47-54(59)64-51-53(52-65-57(56(61)62)63-50-49-58(3,4)5)66-55(60)48-46-44-42-40-38-36-33-21-19-17-15-13-11-9-7-2/h15,17,21,33,53,57H,6-14,16,18-20,22-32,34-52H2,1-5H3/p+1/b17-15-,33-21-.